The minimum Gasteiger partial charge on any atom is -0.382 e. The smallest absolute Gasteiger partial charge is 0.382 e. The molecule has 20 heavy (non-hydrogen) atoms. The van der Waals surface area contributed by atoms with E-state index < -0.39 is 11.7 Å². The zero-order chi connectivity index (χ0) is 14.8. The third-order valence-electron chi connectivity index (χ3n) is 2.38. The van der Waals surface area contributed by atoms with Gasteiger partial charge >= 0.3 is 6.18 Å². The summed E-state index contributed by atoms with van der Waals surface area (Å²) in [5.74, 6) is 0.390. The molecule has 1 aromatic carbocycles. The molecular weight excluding hydrogens is 271 g/mol. The summed E-state index contributed by atoms with van der Waals surface area (Å²) in [5.41, 5.74) is 4.59. The van der Waals surface area contributed by atoms with E-state index in [1.54, 1.807) is 6.07 Å². The Morgan fingerprint density at radius 2 is 2.00 bits per heavy atom. The van der Waals surface area contributed by atoms with Gasteiger partial charge in [0.15, 0.2) is 5.82 Å². The molecular formula is C12H8F3N5. The molecule has 2 aromatic rings. The zero-order valence-corrected chi connectivity index (χ0v) is 9.94. The molecule has 0 atom stereocenters. The highest BCUT2D eigenvalue weighted by atomic mass is 19.4. The minimum atomic E-state index is -4.50. The number of rotatable bonds is 2. The van der Waals surface area contributed by atoms with E-state index in [4.69, 9.17) is 11.0 Å². The average molecular weight is 279 g/mol. The number of nitrogens with two attached hydrogens (primary N) is 1. The Morgan fingerprint density at radius 3 is 2.60 bits per heavy atom. The average Bonchev–Trinajstić information content (AvgIpc) is 2.38. The van der Waals surface area contributed by atoms with Crippen LogP contribution in [0.5, 0.6) is 0 Å². The summed E-state index contributed by atoms with van der Waals surface area (Å²) >= 11 is 0. The Hall–Kier alpha value is -2.82. The van der Waals surface area contributed by atoms with Gasteiger partial charge in [0.05, 0.1) is 29.2 Å². The summed E-state index contributed by atoms with van der Waals surface area (Å²) in [4.78, 5) is 7.67. The molecule has 2 rings (SSSR count). The number of anilines is 3. The Bertz CT molecular complexity index is 676. The molecule has 0 unspecified atom stereocenters. The number of nitrogens with zero attached hydrogens (tertiary/aromatic N) is 3. The van der Waals surface area contributed by atoms with Gasteiger partial charge in [-0.1, -0.05) is 0 Å². The minimum absolute atomic E-state index is 0.149. The number of nitrogen functional groups attached to an aromatic ring is 1. The largest absolute Gasteiger partial charge is 0.416 e. The lowest BCUT2D eigenvalue weighted by atomic mass is 10.1. The van der Waals surface area contributed by atoms with Crippen molar-refractivity contribution in [1.29, 1.82) is 5.26 Å². The maximum Gasteiger partial charge on any atom is 0.416 e. The van der Waals surface area contributed by atoms with Gasteiger partial charge in [-0.3, -0.25) is 4.98 Å². The molecule has 0 fully saturated rings. The van der Waals surface area contributed by atoms with Crippen LogP contribution in [0.15, 0.2) is 30.6 Å². The molecule has 1 aromatic heterocycles. The Kier molecular flexibility index (Phi) is 3.43. The van der Waals surface area contributed by atoms with Crippen LogP contribution in [0.4, 0.5) is 30.5 Å². The normalized spacial score (nSPS) is 10.9. The summed E-state index contributed by atoms with van der Waals surface area (Å²) in [5, 5.41) is 11.6. The van der Waals surface area contributed by atoms with Crippen molar-refractivity contribution in [2.45, 2.75) is 6.18 Å². The summed E-state index contributed by atoms with van der Waals surface area (Å²) in [7, 11) is 0. The van der Waals surface area contributed by atoms with Crippen molar-refractivity contribution >= 4 is 17.3 Å². The number of nitriles is 1. The SMILES string of the molecule is N#Cc1cc(C(F)(F)F)ccc1Nc1cncc(N)n1. The van der Waals surface area contributed by atoms with Crippen molar-refractivity contribution in [2.75, 3.05) is 11.1 Å². The first kappa shape index (κ1) is 13.6. The van der Waals surface area contributed by atoms with Crippen molar-refractivity contribution in [1.82, 2.24) is 9.97 Å². The highest BCUT2D eigenvalue weighted by molar-refractivity contribution is 5.65. The Morgan fingerprint density at radius 1 is 1.25 bits per heavy atom. The van der Waals surface area contributed by atoms with Crippen LogP contribution in [0.25, 0.3) is 0 Å². The van der Waals surface area contributed by atoms with Gasteiger partial charge in [-0.2, -0.15) is 18.4 Å². The Labute approximate surface area is 111 Å². The molecule has 0 bridgehead atoms. The van der Waals surface area contributed by atoms with Crippen molar-refractivity contribution in [3.05, 3.63) is 41.7 Å². The first-order chi connectivity index (χ1) is 9.40. The molecule has 3 N–H and O–H groups in total. The lowest BCUT2D eigenvalue weighted by Crippen LogP contribution is -2.06. The van der Waals surface area contributed by atoms with Gasteiger partial charge in [0.25, 0.3) is 0 Å². The van der Waals surface area contributed by atoms with Crippen LogP contribution in [0, 0.1) is 11.3 Å². The van der Waals surface area contributed by atoms with Gasteiger partial charge in [-0.05, 0) is 18.2 Å². The first-order valence-electron chi connectivity index (χ1n) is 5.36. The first-order valence-corrected chi connectivity index (χ1v) is 5.36. The maximum atomic E-state index is 12.5. The number of halogens is 3. The van der Waals surface area contributed by atoms with Gasteiger partial charge < -0.3 is 11.1 Å². The Balaban J connectivity index is 2.36. The van der Waals surface area contributed by atoms with Crippen LogP contribution < -0.4 is 11.1 Å². The fourth-order valence-corrected chi connectivity index (χ4v) is 1.50. The summed E-state index contributed by atoms with van der Waals surface area (Å²) in [6, 6.07) is 4.50. The predicted octanol–water partition coefficient (Wildman–Crippen LogP) is 2.69. The number of aromatic nitrogens is 2. The molecule has 0 spiro atoms. The third kappa shape index (κ3) is 2.95. The summed E-state index contributed by atoms with van der Waals surface area (Å²) in [6.07, 6.45) is -1.83. The van der Waals surface area contributed by atoms with Crippen molar-refractivity contribution in [3.63, 3.8) is 0 Å². The molecule has 0 saturated carbocycles. The van der Waals surface area contributed by atoms with Crippen molar-refractivity contribution in [2.24, 2.45) is 0 Å². The van der Waals surface area contributed by atoms with Crippen LogP contribution in [0.3, 0.4) is 0 Å². The number of alkyl halides is 3. The molecule has 0 aliphatic rings. The number of hydrogen-bond donors (Lipinski definition) is 2. The second-order valence-corrected chi connectivity index (χ2v) is 3.82. The van der Waals surface area contributed by atoms with Gasteiger partial charge in [0, 0.05) is 0 Å². The van der Waals surface area contributed by atoms with Crippen LogP contribution in [-0.2, 0) is 6.18 Å². The molecule has 0 saturated heterocycles. The molecule has 0 aliphatic carbocycles. The van der Waals surface area contributed by atoms with E-state index in [9.17, 15) is 13.2 Å². The molecule has 5 nitrogen and oxygen atoms in total. The predicted molar refractivity (Wildman–Crippen MR) is 65.9 cm³/mol. The van der Waals surface area contributed by atoms with Crippen LogP contribution in [0.1, 0.15) is 11.1 Å². The lowest BCUT2D eigenvalue weighted by molar-refractivity contribution is -0.137. The quantitative estimate of drug-likeness (QED) is 0.882. The van der Waals surface area contributed by atoms with Crippen molar-refractivity contribution < 1.29 is 13.2 Å². The highest BCUT2D eigenvalue weighted by Crippen LogP contribution is 2.32. The van der Waals surface area contributed by atoms with Crippen LogP contribution in [-0.4, -0.2) is 9.97 Å². The zero-order valence-electron chi connectivity index (χ0n) is 9.94. The topological polar surface area (TPSA) is 87.6 Å². The van der Waals surface area contributed by atoms with E-state index in [1.807, 2.05) is 0 Å². The number of hydrogen-bond acceptors (Lipinski definition) is 5. The fourth-order valence-electron chi connectivity index (χ4n) is 1.50. The van der Waals surface area contributed by atoms with E-state index in [0.29, 0.717) is 0 Å². The standard InChI is InChI=1S/C12H8F3N5/c13-12(14,15)8-1-2-9(7(3-8)4-16)19-11-6-18-5-10(17)20-11/h1-3,5-6H,(H3,17,19,20). The highest BCUT2D eigenvalue weighted by Gasteiger charge is 2.31. The van der Waals surface area contributed by atoms with Gasteiger partial charge in [-0.25, -0.2) is 4.98 Å². The van der Waals surface area contributed by atoms with E-state index in [0.717, 1.165) is 18.2 Å². The monoisotopic (exact) mass is 279 g/mol. The molecule has 0 amide bonds. The van der Waals surface area contributed by atoms with Crippen molar-refractivity contribution in [3.8, 4) is 6.07 Å². The van der Waals surface area contributed by atoms with E-state index in [-0.39, 0.29) is 22.9 Å². The van der Waals surface area contributed by atoms with Gasteiger partial charge in [0.1, 0.15) is 11.9 Å². The lowest BCUT2D eigenvalue weighted by Gasteiger charge is -2.11. The summed E-state index contributed by atoms with van der Waals surface area (Å²) < 4.78 is 37.6. The number of benzene rings is 1. The molecule has 0 radical (unpaired) electrons. The maximum absolute atomic E-state index is 12.5. The van der Waals surface area contributed by atoms with Crippen LogP contribution >= 0.6 is 0 Å². The fraction of sp³-hybridized carbons (Fsp3) is 0.0833. The number of nitrogens with one attached hydrogen (secondary N) is 1. The molecule has 1 heterocycles. The second-order valence-electron chi connectivity index (χ2n) is 3.82. The molecule has 0 aliphatic heterocycles. The molecule has 102 valence electrons. The van der Waals surface area contributed by atoms with E-state index >= 15 is 0 Å². The van der Waals surface area contributed by atoms with Gasteiger partial charge in [-0.15, -0.1) is 0 Å². The second kappa shape index (κ2) is 5.05. The summed E-state index contributed by atoms with van der Waals surface area (Å²) in [6.45, 7) is 0. The van der Waals surface area contributed by atoms with E-state index in [1.165, 1.54) is 12.4 Å². The van der Waals surface area contributed by atoms with E-state index in [2.05, 4.69) is 15.3 Å². The van der Waals surface area contributed by atoms with Crippen LogP contribution in [0.2, 0.25) is 0 Å². The van der Waals surface area contributed by atoms with Gasteiger partial charge in [0.2, 0.25) is 0 Å². The molecule has 8 heteroatoms. The third-order valence-corrected chi connectivity index (χ3v) is 2.38.